The molecule has 0 atom stereocenters. The average molecular weight is 275 g/mol. The van der Waals surface area contributed by atoms with Crippen LogP contribution >= 0.6 is 11.3 Å². The molecule has 4 heteroatoms. The number of thiophene rings is 1. The number of nitrogens with one attached hydrogen (secondary N) is 1. The van der Waals surface area contributed by atoms with Gasteiger partial charge in [0.05, 0.1) is 4.88 Å². The van der Waals surface area contributed by atoms with Crippen molar-refractivity contribution in [2.45, 2.75) is 26.3 Å². The highest BCUT2D eigenvalue weighted by Crippen LogP contribution is 2.35. The summed E-state index contributed by atoms with van der Waals surface area (Å²) in [6, 6.07) is 11.7. The first-order chi connectivity index (χ1) is 8.96. The summed E-state index contributed by atoms with van der Waals surface area (Å²) in [6.45, 7) is 5.75. The number of carbonyl (C=O) groups excluding carboxylic acids is 1. The van der Waals surface area contributed by atoms with Crippen molar-refractivity contribution in [3.8, 4) is 16.2 Å². The normalized spacial score (nSPS) is 11.1. The Morgan fingerprint density at radius 2 is 1.84 bits per heavy atom. The molecule has 0 radical (unpaired) electrons. The van der Waals surface area contributed by atoms with E-state index in [0.717, 1.165) is 10.4 Å². The number of amides is 1. The summed E-state index contributed by atoms with van der Waals surface area (Å²) in [5, 5.41) is 4.70. The minimum atomic E-state index is -0.428. The van der Waals surface area contributed by atoms with Gasteiger partial charge in [-0.15, -0.1) is 11.3 Å². The van der Waals surface area contributed by atoms with E-state index >= 15 is 0 Å². The van der Waals surface area contributed by atoms with Crippen molar-refractivity contribution in [1.29, 1.82) is 0 Å². The largest absolute Gasteiger partial charge is 0.413 e. The van der Waals surface area contributed by atoms with Crippen LogP contribution in [-0.2, 0) is 0 Å². The topological polar surface area (TPSA) is 38.3 Å². The van der Waals surface area contributed by atoms with Crippen molar-refractivity contribution in [3.63, 3.8) is 0 Å². The fraction of sp³-hybridized carbons (Fsp3) is 0.267. The van der Waals surface area contributed by atoms with Gasteiger partial charge >= 0.3 is 6.09 Å². The maximum Gasteiger partial charge on any atom is 0.413 e. The van der Waals surface area contributed by atoms with E-state index < -0.39 is 6.09 Å². The fourth-order valence-corrected chi connectivity index (χ4v) is 2.44. The summed E-state index contributed by atoms with van der Waals surface area (Å²) in [7, 11) is 0. The Morgan fingerprint density at radius 3 is 2.47 bits per heavy atom. The van der Waals surface area contributed by atoms with Crippen molar-refractivity contribution in [2.75, 3.05) is 0 Å². The van der Waals surface area contributed by atoms with Gasteiger partial charge in [0.15, 0.2) is 5.75 Å². The zero-order valence-electron chi connectivity index (χ0n) is 11.3. The summed E-state index contributed by atoms with van der Waals surface area (Å²) in [5.74, 6) is 0.595. The van der Waals surface area contributed by atoms with E-state index in [0.29, 0.717) is 5.75 Å². The number of rotatable bonds is 2. The zero-order chi connectivity index (χ0) is 13.9. The molecule has 1 amide bonds. The van der Waals surface area contributed by atoms with E-state index in [4.69, 9.17) is 4.74 Å². The van der Waals surface area contributed by atoms with Gasteiger partial charge in [-0.2, -0.15) is 0 Å². The molecule has 1 heterocycles. The molecule has 0 bridgehead atoms. The van der Waals surface area contributed by atoms with Gasteiger partial charge in [0, 0.05) is 5.54 Å². The minimum Gasteiger partial charge on any atom is -0.409 e. The van der Waals surface area contributed by atoms with Crippen LogP contribution in [0.5, 0.6) is 5.75 Å². The van der Waals surface area contributed by atoms with Crippen LogP contribution in [0.25, 0.3) is 10.4 Å². The molecule has 0 fully saturated rings. The summed E-state index contributed by atoms with van der Waals surface area (Å²) < 4.78 is 5.38. The maximum atomic E-state index is 11.8. The smallest absolute Gasteiger partial charge is 0.409 e. The number of hydrogen-bond donors (Lipinski definition) is 1. The first-order valence-electron chi connectivity index (χ1n) is 6.08. The molecule has 1 N–H and O–H groups in total. The molecule has 0 saturated heterocycles. The predicted molar refractivity (Wildman–Crippen MR) is 78.7 cm³/mol. The van der Waals surface area contributed by atoms with Crippen molar-refractivity contribution >= 4 is 17.4 Å². The first kappa shape index (κ1) is 13.6. The molecule has 2 aromatic rings. The highest BCUT2D eigenvalue weighted by molar-refractivity contribution is 7.14. The lowest BCUT2D eigenvalue weighted by Gasteiger charge is -2.19. The van der Waals surface area contributed by atoms with E-state index in [9.17, 15) is 4.79 Å². The van der Waals surface area contributed by atoms with Gasteiger partial charge in [-0.05, 0) is 37.8 Å². The van der Waals surface area contributed by atoms with Gasteiger partial charge in [0.1, 0.15) is 0 Å². The minimum absolute atomic E-state index is 0.306. The SMILES string of the molecule is CC(C)(C)NC(=O)Oc1ccsc1-c1ccccc1. The molecule has 19 heavy (non-hydrogen) atoms. The lowest BCUT2D eigenvalue weighted by molar-refractivity contribution is 0.191. The number of carbonyl (C=O) groups is 1. The average Bonchev–Trinajstić information content (AvgIpc) is 2.75. The second kappa shape index (κ2) is 5.45. The molecule has 1 aromatic heterocycles. The molecule has 2 rings (SSSR count). The Balaban J connectivity index is 2.15. The maximum absolute atomic E-state index is 11.8. The lowest BCUT2D eigenvalue weighted by atomic mass is 10.1. The standard InChI is InChI=1S/C15H17NO2S/c1-15(2,3)16-14(17)18-12-9-10-19-13(12)11-7-5-4-6-8-11/h4-10H,1-3H3,(H,16,17). The van der Waals surface area contributed by atoms with Gasteiger partial charge in [0.25, 0.3) is 0 Å². The van der Waals surface area contributed by atoms with Gasteiger partial charge in [-0.3, -0.25) is 0 Å². The highest BCUT2D eigenvalue weighted by atomic mass is 32.1. The molecule has 0 spiro atoms. The van der Waals surface area contributed by atoms with Crippen molar-refractivity contribution < 1.29 is 9.53 Å². The number of ether oxygens (including phenoxy) is 1. The molecular weight excluding hydrogens is 258 g/mol. The van der Waals surface area contributed by atoms with E-state index in [1.165, 1.54) is 0 Å². The Bertz CT molecular complexity index is 555. The Kier molecular flexibility index (Phi) is 3.90. The molecule has 0 aliphatic rings. The number of benzene rings is 1. The zero-order valence-corrected chi connectivity index (χ0v) is 12.1. The third-order valence-corrected chi connectivity index (χ3v) is 3.29. The van der Waals surface area contributed by atoms with Gasteiger partial charge in [-0.1, -0.05) is 30.3 Å². The Labute approximate surface area is 117 Å². The summed E-state index contributed by atoms with van der Waals surface area (Å²) in [5.41, 5.74) is 0.746. The van der Waals surface area contributed by atoms with E-state index in [-0.39, 0.29) is 5.54 Å². The van der Waals surface area contributed by atoms with Crippen molar-refractivity contribution in [2.24, 2.45) is 0 Å². The number of hydrogen-bond acceptors (Lipinski definition) is 3. The van der Waals surface area contributed by atoms with Crippen LogP contribution < -0.4 is 10.1 Å². The summed E-state index contributed by atoms with van der Waals surface area (Å²) in [6.07, 6.45) is -0.428. The van der Waals surface area contributed by atoms with Crippen LogP contribution in [0.1, 0.15) is 20.8 Å². The third-order valence-electron chi connectivity index (χ3n) is 2.34. The summed E-state index contributed by atoms with van der Waals surface area (Å²) >= 11 is 1.56. The van der Waals surface area contributed by atoms with Gasteiger partial charge < -0.3 is 10.1 Å². The quantitative estimate of drug-likeness (QED) is 0.887. The molecule has 3 nitrogen and oxygen atoms in total. The fourth-order valence-electron chi connectivity index (χ4n) is 1.61. The monoisotopic (exact) mass is 275 g/mol. The van der Waals surface area contributed by atoms with E-state index in [1.807, 2.05) is 62.5 Å². The molecular formula is C15H17NO2S. The Hall–Kier alpha value is -1.81. The van der Waals surface area contributed by atoms with Crippen LogP contribution in [0.2, 0.25) is 0 Å². The Morgan fingerprint density at radius 1 is 1.16 bits per heavy atom. The molecule has 1 aromatic carbocycles. The van der Waals surface area contributed by atoms with E-state index in [2.05, 4.69) is 5.32 Å². The highest BCUT2D eigenvalue weighted by Gasteiger charge is 2.17. The van der Waals surface area contributed by atoms with Gasteiger partial charge in [0.2, 0.25) is 0 Å². The summed E-state index contributed by atoms with van der Waals surface area (Å²) in [4.78, 5) is 12.7. The van der Waals surface area contributed by atoms with Crippen LogP contribution in [-0.4, -0.2) is 11.6 Å². The second-order valence-corrected chi connectivity index (χ2v) is 6.16. The van der Waals surface area contributed by atoms with Crippen molar-refractivity contribution in [3.05, 3.63) is 41.8 Å². The third kappa shape index (κ3) is 3.83. The molecule has 0 aliphatic heterocycles. The van der Waals surface area contributed by atoms with Crippen LogP contribution in [0.4, 0.5) is 4.79 Å². The first-order valence-corrected chi connectivity index (χ1v) is 6.96. The van der Waals surface area contributed by atoms with Crippen LogP contribution in [0.15, 0.2) is 41.8 Å². The van der Waals surface area contributed by atoms with Crippen molar-refractivity contribution in [1.82, 2.24) is 5.32 Å². The molecule has 0 saturated carbocycles. The predicted octanol–water partition coefficient (Wildman–Crippen LogP) is 4.30. The molecule has 100 valence electrons. The molecule has 0 unspecified atom stereocenters. The second-order valence-electron chi connectivity index (χ2n) is 5.24. The van der Waals surface area contributed by atoms with Crippen LogP contribution in [0.3, 0.4) is 0 Å². The molecule has 0 aliphatic carbocycles. The lowest BCUT2D eigenvalue weighted by Crippen LogP contribution is -2.42. The van der Waals surface area contributed by atoms with E-state index in [1.54, 1.807) is 11.3 Å². The van der Waals surface area contributed by atoms with Gasteiger partial charge in [-0.25, -0.2) is 4.79 Å². The van der Waals surface area contributed by atoms with Crippen LogP contribution in [0, 0.1) is 0 Å².